The molecule has 4 saturated heterocycles. The number of alkyl halides is 1. The van der Waals surface area contributed by atoms with Gasteiger partial charge in [0.05, 0.1) is 129 Å². The minimum absolute atomic E-state index is 0.112. The molecule has 32 heteroatoms. The van der Waals surface area contributed by atoms with E-state index in [0.717, 1.165) is 12.1 Å². The normalized spacial score (nSPS) is 17.8. The standard InChI is InChI=1S/C17H21FN2O4S.C14H16ClFN2O2S2.C14H15FN2O4S.C13H15FN2O3S2/c1-10(25)19-8-12-9-20(16(22)23-12)11-5-6-13(14(18)7-11)15(21)24-17(2,3)4;1-9(21)17-7-11-8-18(14(19)20-11)10-2-3-13(12(16)6-10)22-5-4-15;1-8(22)16-6-10-7-17(14(19)21-10)9-3-4-11(12(15)5-9)13(18)20-2;1-8(20)15-6-10-7-16(13(17)19-10)9-3-4-12(21(2)18)11(14)5-9/h5-7,12H,8-9H2,1-4H3,(H,19,25);2-3,6,11H,4-5,7-8H2,1H3,(H,17,21);3-5,10H,6-7H2,1-2H3,(H,16,22);3-5,10H,6-7H2,1-2H3,(H,15,20)/t12-;11-;10-;10-,21?/m0000/s1. The van der Waals surface area contributed by atoms with Crippen molar-refractivity contribution in [2.45, 2.75) is 88.3 Å². The number of carbonyl (C=O) groups excluding carboxylic acids is 6. The van der Waals surface area contributed by atoms with Gasteiger partial charge in [0.15, 0.2) is 0 Å². The van der Waals surface area contributed by atoms with Gasteiger partial charge in [0, 0.05) is 22.8 Å². The van der Waals surface area contributed by atoms with Gasteiger partial charge >= 0.3 is 36.3 Å². The van der Waals surface area contributed by atoms with E-state index in [1.807, 2.05) is 0 Å². The minimum atomic E-state index is -1.41. The zero-order valence-corrected chi connectivity index (χ0v) is 55.9. The molecule has 8 rings (SSSR count). The van der Waals surface area contributed by atoms with Gasteiger partial charge in [-0.05, 0) is 121 Å². The average molecular weight is 1390 g/mol. The van der Waals surface area contributed by atoms with Gasteiger partial charge in [-0.2, -0.15) is 0 Å². The quantitative estimate of drug-likeness (QED) is 0.0181. The third-order valence-electron chi connectivity index (χ3n) is 12.5. The van der Waals surface area contributed by atoms with Crippen molar-refractivity contribution in [3.63, 3.8) is 0 Å². The van der Waals surface area contributed by atoms with E-state index in [0.29, 0.717) is 98.5 Å². The number of amides is 4. The lowest BCUT2D eigenvalue weighted by Gasteiger charge is -2.20. The number of ether oxygens (including phenoxy) is 6. The molecule has 4 N–H and O–H groups in total. The first-order valence-electron chi connectivity index (χ1n) is 27.3. The molecule has 488 valence electrons. The molecule has 4 aromatic carbocycles. The van der Waals surface area contributed by atoms with E-state index in [-0.39, 0.29) is 59.3 Å². The third kappa shape index (κ3) is 22.4. The zero-order chi connectivity index (χ0) is 66.7. The number of nitrogens with one attached hydrogen (secondary N) is 4. The second-order valence-corrected chi connectivity index (χ2v) is 26.1. The Morgan fingerprint density at radius 3 is 1.18 bits per heavy atom. The number of carbonyl (C=O) groups is 6. The molecule has 0 aliphatic carbocycles. The summed E-state index contributed by atoms with van der Waals surface area (Å²) in [5, 5.41) is 11.7. The Kier molecular flexibility index (Phi) is 28.2. The first-order valence-corrected chi connectivity index (χ1v) is 32.0. The maximum Gasteiger partial charge on any atom is 0.414 e. The van der Waals surface area contributed by atoms with E-state index < -0.39 is 70.2 Å². The monoisotopic (exact) mass is 1390 g/mol. The smallest absolute Gasteiger partial charge is 0.414 e. The number of nitrogens with zero attached hydrogens (tertiary/aromatic N) is 4. The number of thiocarbonyl (C=S) groups is 4. The fourth-order valence-electron chi connectivity index (χ4n) is 8.32. The van der Waals surface area contributed by atoms with Crippen LogP contribution >= 0.6 is 72.2 Å². The van der Waals surface area contributed by atoms with Gasteiger partial charge in [-0.1, -0.05) is 48.9 Å². The molecule has 0 spiro atoms. The van der Waals surface area contributed by atoms with Crippen molar-refractivity contribution in [1.29, 1.82) is 0 Å². The Hall–Kier alpha value is -7.03. The number of hydrogen-bond donors (Lipinski definition) is 4. The second-order valence-electron chi connectivity index (χ2n) is 20.8. The highest BCUT2D eigenvalue weighted by atomic mass is 35.5. The van der Waals surface area contributed by atoms with Gasteiger partial charge < -0.3 is 49.7 Å². The summed E-state index contributed by atoms with van der Waals surface area (Å²) in [5.41, 5.74) is 0.413. The van der Waals surface area contributed by atoms with Crippen molar-refractivity contribution < 1.29 is 79.0 Å². The first-order chi connectivity index (χ1) is 42.4. The van der Waals surface area contributed by atoms with Crippen LogP contribution in [0, 0.1) is 23.3 Å². The van der Waals surface area contributed by atoms with Crippen molar-refractivity contribution in [2.75, 3.05) is 97.0 Å². The molecule has 90 heavy (non-hydrogen) atoms. The maximum absolute atomic E-state index is 14.3. The number of methoxy groups -OCH3 is 1. The summed E-state index contributed by atoms with van der Waals surface area (Å²) in [6.45, 7) is 14.9. The van der Waals surface area contributed by atoms with E-state index in [9.17, 15) is 50.5 Å². The van der Waals surface area contributed by atoms with Crippen LogP contribution in [0.4, 0.5) is 59.5 Å². The second kappa shape index (κ2) is 34.4. The Labute approximate surface area is 551 Å². The predicted molar refractivity (Wildman–Crippen MR) is 351 cm³/mol. The molecule has 21 nitrogen and oxygen atoms in total. The lowest BCUT2D eigenvalue weighted by atomic mass is 10.1. The van der Waals surface area contributed by atoms with E-state index in [1.54, 1.807) is 66.7 Å². The Bertz CT molecular complexity index is 3370. The molecular weight excluding hydrogens is 1320 g/mol. The average Bonchev–Trinajstić information content (AvgIpc) is 1.73. The van der Waals surface area contributed by atoms with Crippen LogP contribution in [-0.4, -0.2) is 168 Å². The van der Waals surface area contributed by atoms with E-state index >= 15 is 0 Å². The number of halogens is 5. The fourth-order valence-corrected chi connectivity index (χ4v) is 10.1. The molecule has 5 atom stereocenters. The van der Waals surface area contributed by atoms with Gasteiger partial charge in [0.1, 0.15) is 53.3 Å². The van der Waals surface area contributed by atoms with Crippen LogP contribution in [-0.2, 0) is 39.2 Å². The highest BCUT2D eigenvalue weighted by Gasteiger charge is 2.37. The largest absolute Gasteiger partial charge is 0.465 e. The van der Waals surface area contributed by atoms with Gasteiger partial charge in [0.2, 0.25) is 0 Å². The lowest BCUT2D eigenvalue weighted by Crippen LogP contribution is -2.32. The Morgan fingerprint density at radius 1 is 0.567 bits per heavy atom. The van der Waals surface area contributed by atoms with E-state index in [1.165, 1.54) is 87.2 Å². The predicted octanol–water partition coefficient (Wildman–Crippen LogP) is 10.2. The molecule has 1 unspecified atom stereocenters. The van der Waals surface area contributed by atoms with Gasteiger partial charge in [-0.3, -0.25) is 23.8 Å². The topological polar surface area (TPSA) is 236 Å². The molecule has 4 aliphatic rings. The number of thioether (sulfide) groups is 1. The summed E-state index contributed by atoms with van der Waals surface area (Å²) in [4.78, 5) is 79.3. The molecule has 0 saturated carbocycles. The van der Waals surface area contributed by atoms with Crippen molar-refractivity contribution in [3.8, 4) is 0 Å². The van der Waals surface area contributed by atoms with Crippen LogP contribution < -0.4 is 40.9 Å². The van der Waals surface area contributed by atoms with Gasteiger partial charge in [0.25, 0.3) is 0 Å². The summed E-state index contributed by atoms with van der Waals surface area (Å²) >= 11 is 26.6. The molecule has 4 heterocycles. The third-order valence-corrected chi connectivity index (χ3v) is 15.5. The number of benzene rings is 4. The van der Waals surface area contributed by atoms with Gasteiger partial charge in [-0.15, -0.1) is 23.4 Å². The molecule has 0 radical (unpaired) electrons. The van der Waals surface area contributed by atoms with Crippen LogP contribution in [0.3, 0.4) is 0 Å². The summed E-state index contributed by atoms with van der Waals surface area (Å²) < 4.78 is 97.8. The lowest BCUT2D eigenvalue weighted by molar-refractivity contribution is 0.00641. The summed E-state index contributed by atoms with van der Waals surface area (Å²) in [6, 6.07) is 16.6. The SMILES string of the molecule is CC(=S)NC[C@H]1CN(c2ccc(C(=O)OC(C)(C)C)c(F)c2)C(=O)O1.CC(=S)NC[C@H]1CN(c2ccc(S(C)=O)c(F)c2)C(=O)O1.CC(=S)NC[C@H]1CN(c2ccc(SCCCl)c(F)c2)C(=O)O1.COC(=O)c1ccc(N2C[C@H](CNC(C)=S)OC2=O)cc1F. The van der Waals surface area contributed by atoms with Crippen molar-refractivity contribution in [2.24, 2.45) is 0 Å². The molecule has 4 aromatic rings. The number of rotatable bonds is 18. The number of cyclic esters (lactones) is 4. The Balaban J connectivity index is 0.000000219. The highest BCUT2D eigenvalue weighted by molar-refractivity contribution is 7.99. The van der Waals surface area contributed by atoms with E-state index in [2.05, 4.69) is 26.0 Å². The zero-order valence-electron chi connectivity index (χ0n) is 50.2. The number of anilines is 4. The molecule has 4 aliphatic heterocycles. The molecule has 0 aromatic heterocycles. The number of hydrogen-bond acceptors (Lipinski definition) is 18. The summed E-state index contributed by atoms with van der Waals surface area (Å²) in [7, 11) is -0.238. The van der Waals surface area contributed by atoms with Crippen LogP contribution in [0.1, 0.15) is 69.2 Å². The molecular formula is C58H67ClF4N8O13S6. The van der Waals surface area contributed by atoms with Gasteiger partial charge in [-0.25, -0.2) is 46.3 Å². The highest BCUT2D eigenvalue weighted by Crippen LogP contribution is 2.31. The van der Waals surface area contributed by atoms with E-state index in [4.69, 9.17) is 84.2 Å². The summed E-state index contributed by atoms with van der Waals surface area (Å²) in [5.74, 6) is -2.91. The van der Waals surface area contributed by atoms with Crippen molar-refractivity contribution >= 4 is 162 Å². The first kappa shape index (κ1) is 73.7. The minimum Gasteiger partial charge on any atom is -0.465 e. The van der Waals surface area contributed by atoms with Crippen LogP contribution in [0.15, 0.2) is 82.6 Å². The van der Waals surface area contributed by atoms with Crippen LogP contribution in [0.25, 0.3) is 0 Å². The Morgan fingerprint density at radius 2 is 0.889 bits per heavy atom. The molecule has 0 bridgehead atoms. The van der Waals surface area contributed by atoms with Crippen LogP contribution in [0.2, 0.25) is 0 Å². The fraction of sp³-hybridized carbons (Fsp3) is 0.414. The summed E-state index contributed by atoms with van der Waals surface area (Å²) in [6.07, 6.45) is -2.18. The van der Waals surface area contributed by atoms with Crippen molar-refractivity contribution in [3.05, 3.63) is 107 Å². The van der Waals surface area contributed by atoms with Crippen LogP contribution in [0.5, 0.6) is 0 Å². The molecule has 4 fully saturated rings. The van der Waals surface area contributed by atoms with Crippen molar-refractivity contribution in [1.82, 2.24) is 21.3 Å². The number of esters is 2. The maximum atomic E-state index is 14.3. The molecule has 4 amide bonds.